The van der Waals surface area contributed by atoms with E-state index in [4.69, 9.17) is 4.74 Å². The molecular weight excluding hydrogens is 507 g/mol. The Kier molecular flexibility index (Phi) is 7.87. The fourth-order valence-electron chi connectivity index (χ4n) is 4.72. The number of hydrogen-bond acceptors (Lipinski definition) is 5. The van der Waals surface area contributed by atoms with E-state index in [1.807, 2.05) is 84.4 Å². The van der Waals surface area contributed by atoms with Crippen LogP contribution in [0.3, 0.4) is 0 Å². The summed E-state index contributed by atoms with van der Waals surface area (Å²) in [5.74, 6) is -0.803. The highest BCUT2D eigenvalue weighted by molar-refractivity contribution is 6.10. The number of carbonyl (C=O) groups excluding carboxylic acids is 2. The second kappa shape index (κ2) is 11.8. The Balaban J connectivity index is 1.40. The van der Waals surface area contributed by atoms with Crippen molar-refractivity contribution in [2.75, 3.05) is 17.2 Å². The lowest BCUT2D eigenvalue weighted by molar-refractivity contribution is -0.145. The number of hydrogen-bond donors (Lipinski definition) is 2. The van der Waals surface area contributed by atoms with Gasteiger partial charge in [0.15, 0.2) is 0 Å². The summed E-state index contributed by atoms with van der Waals surface area (Å²) in [6.07, 6.45) is 3.19. The highest BCUT2D eigenvalue weighted by atomic mass is 19.1. The Morgan fingerprint density at radius 3 is 2.50 bits per heavy atom. The quantitative estimate of drug-likeness (QED) is 0.157. The zero-order valence-corrected chi connectivity index (χ0v) is 22.2. The van der Waals surface area contributed by atoms with Gasteiger partial charge in [-0.25, -0.2) is 9.37 Å². The fourth-order valence-corrected chi connectivity index (χ4v) is 4.72. The van der Waals surface area contributed by atoms with Crippen LogP contribution in [0, 0.1) is 5.82 Å². The van der Waals surface area contributed by atoms with E-state index in [-0.39, 0.29) is 24.8 Å². The predicted molar refractivity (Wildman–Crippen MR) is 155 cm³/mol. The number of esters is 1. The summed E-state index contributed by atoms with van der Waals surface area (Å²) in [4.78, 5) is 29.0. The number of benzene rings is 4. The minimum Gasteiger partial charge on any atom is -0.466 e. The second-order valence-corrected chi connectivity index (χ2v) is 9.31. The first-order valence-electron chi connectivity index (χ1n) is 13.1. The molecule has 1 heterocycles. The first-order valence-corrected chi connectivity index (χ1v) is 13.1. The summed E-state index contributed by atoms with van der Waals surface area (Å²) >= 11 is 0. The second-order valence-electron chi connectivity index (χ2n) is 9.31. The Morgan fingerprint density at radius 1 is 0.975 bits per heavy atom. The van der Waals surface area contributed by atoms with Gasteiger partial charge in [-0.3, -0.25) is 9.59 Å². The summed E-state index contributed by atoms with van der Waals surface area (Å²) in [5.41, 5.74) is 3.51. The number of imidazole rings is 1. The van der Waals surface area contributed by atoms with Crippen molar-refractivity contribution < 1.29 is 18.7 Å². The molecule has 0 saturated heterocycles. The van der Waals surface area contributed by atoms with Crippen LogP contribution in [0.25, 0.3) is 16.5 Å². The van der Waals surface area contributed by atoms with Crippen LogP contribution in [-0.4, -0.2) is 28.0 Å². The third kappa shape index (κ3) is 5.71. The van der Waals surface area contributed by atoms with E-state index < -0.39 is 11.9 Å². The van der Waals surface area contributed by atoms with Crippen molar-refractivity contribution >= 4 is 39.7 Å². The third-order valence-corrected chi connectivity index (χ3v) is 6.66. The molecule has 0 bridgehead atoms. The van der Waals surface area contributed by atoms with E-state index >= 15 is 0 Å². The van der Waals surface area contributed by atoms with Crippen LogP contribution in [-0.2, 0) is 14.3 Å². The smallest absolute Gasteiger partial charge is 0.315 e. The molecule has 5 rings (SSSR count). The summed E-state index contributed by atoms with van der Waals surface area (Å²) < 4.78 is 21.3. The molecule has 0 aliphatic rings. The number of carbonyl (C=O) groups is 2. The molecule has 7 nitrogen and oxygen atoms in total. The number of aromatic nitrogens is 2. The van der Waals surface area contributed by atoms with E-state index in [0.717, 1.165) is 28.0 Å². The number of halogens is 1. The van der Waals surface area contributed by atoms with Gasteiger partial charge in [0.1, 0.15) is 18.1 Å². The number of amides is 1. The predicted octanol–water partition coefficient (Wildman–Crippen LogP) is 6.95. The lowest BCUT2D eigenvalue weighted by atomic mass is 9.99. The molecule has 0 spiro atoms. The molecule has 0 aliphatic heterocycles. The molecule has 1 aromatic heterocycles. The van der Waals surface area contributed by atoms with Gasteiger partial charge in [0, 0.05) is 35.1 Å². The molecule has 8 heteroatoms. The van der Waals surface area contributed by atoms with Crippen LogP contribution in [0.5, 0.6) is 0 Å². The highest BCUT2D eigenvalue weighted by Crippen LogP contribution is 2.34. The summed E-state index contributed by atoms with van der Waals surface area (Å²) in [6.45, 7) is 3.85. The fraction of sp³-hybridized carbons (Fsp3) is 0.156. The van der Waals surface area contributed by atoms with Gasteiger partial charge in [0.25, 0.3) is 0 Å². The van der Waals surface area contributed by atoms with Gasteiger partial charge in [0.2, 0.25) is 5.91 Å². The van der Waals surface area contributed by atoms with E-state index in [9.17, 15) is 14.0 Å². The van der Waals surface area contributed by atoms with Gasteiger partial charge < -0.3 is 19.9 Å². The summed E-state index contributed by atoms with van der Waals surface area (Å²) in [7, 11) is 0. The Bertz CT molecular complexity index is 1660. The van der Waals surface area contributed by atoms with Crippen LogP contribution in [0.4, 0.5) is 21.5 Å². The minimum atomic E-state index is -0.575. The van der Waals surface area contributed by atoms with E-state index in [1.54, 1.807) is 25.3 Å². The number of nitrogens with one attached hydrogen (secondary N) is 2. The van der Waals surface area contributed by atoms with Crippen molar-refractivity contribution in [3.05, 3.63) is 115 Å². The van der Waals surface area contributed by atoms with Crippen LogP contribution >= 0.6 is 0 Å². The lowest BCUT2D eigenvalue weighted by Crippen LogP contribution is -2.19. The molecule has 1 unspecified atom stereocenters. The average molecular weight is 537 g/mol. The van der Waals surface area contributed by atoms with Gasteiger partial charge in [-0.05, 0) is 54.3 Å². The van der Waals surface area contributed by atoms with Crippen molar-refractivity contribution in [2.24, 2.45) is 0 Å². The molecule has 40 heavy (non-hydrogen) atoms. The molecule has 0 fully saturated rings. The van der Waals surface area contributed by atoms with Crippen LogP contribution in [0.2, 0.25) is 0 Å². The van der Waals surface area contributed by atoms with Crippen LogP contribution in [0.15, 0.2) is 97.3 Å². The van der Waals surface area contributed by atoms with Crippen molar-refractivity contribution in [3.8, 4) is 5.69 Å². The molecule has 0 saturated carbocycles. The van der Waals surface area contributed by atoms with Crippen molar-refractivity contribution in [1.29, 1.82) is 0 Å². The average Bonchev–Trinajstić information content (AvgIpc) is 3.45. The van der Waals surface area contributed by atoms with Crippen LogP contribution < -0.4 is 10.6 Å². The molecule has 202 valence electrons. The molecular formula is C32H29FN4O3. The van der Waals surface area contributed by atoms with Gasteiger partial charge in [-0.1, -0.05) is 55.5 Å². The standard InChI is InChI=1S/C32H29FN4O3/c1-3-40-30(39)20-29(38)36-31-26-10-5-4-8-22(26)12-17-28(31)35-23-13-15-24(16-14-23)37-19-18-34-32(37)21(2)25-9-6-7-11-27(25)33/h4-19,21,35H,3,20H2,1-2H3,(H,36,38). The lowest BCUT2D eigenvalue weighted by Gasteiger charge is -2.17. The summed E-state index contributed by atoms with van der Waals surface area (Å²) in [6, 6.07) is 26.0. The number of rotatable bonds is 9. The number of nitrogens with zero attached hydrogens (tertiary/aromatic N) is 2. The van der Waals surface area contributed by atoms with Gasteiger partial charge in [-0.15, -0.1) is 0 Å². The van der Waals surface area contributed by atoms with E-state index in [0.29, 0.717) is 16.9 Å². The first-order chi connectivity index (χ1) is 19.4. The molecule has 4 aromatic carbocycles. The van der Waals surface area contributed by atoms with Gasteiger partial charge >= 0.3 is 5.97 Å². The Hall–Kier alpha value is -4.98. The normalized spacial score (nSPS) is 11.7. The van der Waals surface area contributed by atoms with Crippen LogP contribution in [0.1, 0.15) is 37.6 Å². The zero-order chi connectivity index (χ0) is 28.1. The topological polar surface area (TPSA) is 85.3 Å². The monoisotopic (exact) mass is 536 g/mol. The maximum atomic E-state index is 14.4. The van der Waals surface area contributed by atoms with Crippen molar-refractivity contribution in [2.45, 2.75) is 26.2 Å². The number of anilines is 3. The molecule has 1 amide bonds. The zero-order valence-electron chi connectivity index (χ0n) is 22.2. The summed E-state index contributed by atoms with van der Waals surface area (Å²) in [5, 5.41) is 8.07. The highest BCUT2D eigenvalue weighted by Gasteiger charge is 2.19. The first kappa shape index (κ1) is 26.6. The SMILES string of the molecule is CCOC(=O)CC(=O)Nc1c(Nc2ccc(-n3ccnc3C(C)c3ccccc3F)cc2)ccc2ccccc12. The molecule has 2 N–H and O–H groups in total. The number of ether oxygens (including phenoxy) is 1. The third-order valence-electron chi connectivity index (χ3n) is 6.66. The Labute approximate surface area is 231 Å². The van der Waals surface area contributed by atoms with Gasteiger partial charge in [0.05, 0.1) is 18.0 Å². The maximum Gasteiger partial charge on any atom is 0.315 e. The molecule has 5 aromatic rings. The maximum absolute atomic E-state index is 14.4. The molecule has 0 aliphatic carbocycles. The largest absolute Gasteiger partial charge is 0.466 e. The molecule has 0 radical (unpaired) electrons. The van der Waals surface area contributed by atoms with Crippen molar-refractivity contribution in [1.82, 2.24) is 9.55 Å². The van der Waals surface area contributed by atoms with Gasteiger partial charge in [-0.2, -0.15) is 0 Å². The van der Waals surface area contributed by atoms with E-state index in [1.165, 1.54) is 6.07 Å². The molecule has 1 atom stereocenters. The Morgan fingerprint density at radius 2 is 1.73 bits per heavy atom. The van der Waals surface area contributed by atoms with Crippen molar-refractivity contribution in [3.63, 3.8) is 0 Å². The van der Waals surface area contributed by atoms with E-state index in [2.05, 4.69) is 15.6 Å². The minimum absolute atomic E-state index is 0.214. The number of fused-ring (bicyclic) bond motifs is 1.